The van der Waals surface area contributed by atoms with Crippen molar-refractivity contribution in [3.05, 3.63) is 76.3 Å². The molecule has 1 heterocycles. The van der Waals surface area contributed by atoms with Gasteiger partial charge in [-0.1, -0.05) is 29.8 Å². The molecule has 35 heavy (non-hydrogen) atoms. The summed E-state index contributed by atoms with van der Waals surface area (Å²) in [5, 5.41) is 3.30. The average Bonchev–Trinajstić information content (AvgIpc) is 2.87. The Hall–Kier alpha value is -3.07. The molecule has 1 aliphatic rings. The van der Waals surface area contributed by atoms with E-state index in [-0.39, 0.29) is 29.9 Å². The maximum absolute atomic E-state index is 15.1. The van der Waals surface area contributed by atoms with Gasteiger partial charge >= 0.3 is 0 Å². The number of nitrogen functional groups attached to an aromatic ring is 1. The molecule has 0 bridgehead atoms. The van der Waals surface area contributed by atoms with E-state index in [1.807, 2.05) is 0 Å². The van der Waals surface area contributed by atoms with Crippen LogP contribution in [0.3, 0.4) is 0 Å². The molecular weight excluding hydrogens is 469 g/mol. The average molecular weight is 498 g/mol. The molecule has 0 saturated heterocycles. The zero-order valence-corrected chi connectivity index (χ0v) is 20.3. The lowest BCUT2D eigenvalue weighted by atomic mass is 9.85. The highest BCUT2D eigenvalue weighted by atomic mass is 35.5. The maximum atomic E-state index is 15.1. The van der Waals surface area contributed by atoms with Gasteiger partial charge in [0, 0.05) is 30.2 Å². The van der Waals surface area contributed by atoms with Crippen LogP contribution in [0.2, 0.25) is 5.02 Å². The number of amides is 1. The number of anilines is 1. The van der Waals surface area contributed by atoms with Gasteiger partial charge in [-0.2, -0.15) is 0 Å². The molecule has 7 nitrogen and oxygen atoms in total. The van der Waals surface area contributed by atoms with Gasteiger partial charge in [-0.25, -0.2) is 14.4 Å². The van der Waals surface area contributed by atoms with Gasteiger partial charge < -0.3 is 21.5 Å². The van der Waals surface area contributed by atoms with Crippen molar-refractivity contribution in [2.45, 2.75) is 43.7 Å². The lowest BCUT2D eigenvalue weighted by Crippen LogP contribution is -2.33. The van der Waals surface area contributed by atoms with Crippen molar-refractivity contribution in [1.29, 1.82) is 0 Å². The normalized spacial score (nSPS) is 18.7. The Morgan fingerprint density at radius 3 is 2.66 bits per heavy atom. The van der Waals surface area contributed by atoms with Crippen molar-refractivity contribution in [2.75, 3.05) is 19.4 Å². The number of aromatic nitrogens is 2. The number of nitrogens with one attached hydrogen (secondary N) is 1. The molecule has 5 N–H and O–H groups in total. The second-order valence-electron chi connectivity index (χ2n) is 8.75. The molecule has 1 aliphatic carbocycles. The van der Waals surface area contributed by atoms with Crippen LogP contribution in [-0.2, 0) is 4.74 Å². The maximum Gasteiger partial charge on any atom is 0.254 e. The molecule has 0 unspecified atom stereocenters. The van der Waals surface area contributed by atoms with Crippen molar-refractivity contribution in [3.8, 4) is 11.3 Å². The SMILES string of the molecule is CO[C@H]1CC[C@H](c2cnc(N)c(-c3ccc(C(=O)N[C@H](CN)c4cccc(Cl)c4)c(F)c3)n2)CC1. The third kappa shape index (κ3) is 5.78. The molecule has 0 aliphatic heterocycles. The topological polar surface area (TPSA) is 116 Å². The Labute approximate surface area is 209 Å². The van der Waals surface area contributed by atoms with Crippen LogP contribution in [0.15, 0.2) is 48.7 Å². The first-order valence-corrected chi connectivity index (χ1v) is 12.0. The highest BCUT2D eigenvalue weighted by Gasteiger charge is 2.25. The van der Waals surface area contributed by atoms with Crippen molar-refractivity contribution in [3.63, 3.8) is 0 Å². The number of nitrogens with zero attached hydrogens (tertiary/aromatic N) is 2. The summed E-state index contributed by atoms with van der Waals surface area (Å²) in [6, 6.07) is 10.8. The van der Waals surface area contributed by atoms with Gasteiger partial charge in [-0.05, 0) is 55.5 Å². The summed E-state index contributed by atoms with van der Waals surface area (Å²) in [5.41, 5.74) is 14.3. The molecule has 1 amide bonds. The predicted octanol–water partition coefficient (Wildman–Crippen LogP) is 4.62. The first kappa shape index (κ1) is 25.0. The lowest BCUT2D eigenvalue weighted by Gasteiger charge is -2.27. The monoisotopic (exact) mass is 497 g/mol. The van der Waals surface area contributed by atoms with Crippen LogP contribution in [0.5, 0.6) is 0 Å². The van der Waals surface area contributed by atoms with E-state index in [1.165, 1.54) is 12.1 Å². The summed E-state index contributed by atoms with van der Waals surface area (Å²) in [4.78, 5) is 21.8. The number of nitrogens with two attached hydrogens (primary N) is 2. The number of rotatable bonds is 7. The fourth-order valence-electron chi connectivity index (χ4n) is 4.50. The van der Waals surface area contributed by atoms with Crippen LogP contribution in [0.1, 0.15) is 59.3 Å². The van der Waals surface area contributed by atoms with E-state index in [0.717, 1.165) is 36.9 Å². The third-order valence-corrected chi connectivity index (χ3v) is 6.76. The zero-order valence-electron chi connectivity index (χ0n) is 19.5. The quantitative estimate of drug-likeness (QED) is 0.438. The number of benzene rings is 2. The molecule has 2 aromatic carbocycles. The second-order valence-corrected chi connectivity index (χ2v) is 9.19. The molecule has 1 saturated carbocycles. The Balaban J connectivity index is 1.53. The molecule has 9 heteroatoms. The molecule has 1 atom stereocenters. The number of carbonyl (C=O) groups is 1. The molecular formula is C26H29ClFN5O2. The highest BCUT2D eigenvalue weighted by Crippen LogP contribution is 2.34. The fourth-order valence-corrected chi connectivity index (χ4v) is 4.70. The van der Waals surface area contributed by atoms with Crippen LogP contribution in [0.25, 0.3) is 11.3 Å². The first-order valence-electron chi connectivity index (χ1n) is 11.6. The molecule has 3 aromatic rings. The van der Waals surface area contributed by atoms with E-state index in [0.29, 0.717) is 16.3 Å². The van der Waals surface area contributed by atoms with E-state index in [4.69, 9.17) is 32.8 Å². The largest absolute Gasteiger partial charge is 0.382 e. The minimum Gasteiger partial charge on any atom is -0.382 e. The summed E-state index contributed by atoms with van der Waals surface area (Å²) in [6.07, 6.45) is 5.77. The fraction of sp³-hybridized carbons (Fsp3) is 0.346. The first-order chi connectivity index (χ1) is 16.9. The van der Waals surface area contributed by atoms with Gasteiger partial charge in [0.1, 0.15) is 17.3 Å². The third-order valence-electron chi connectivity index (χ3n) is 6.52. The molecule has 184 valence electrons. The summed E-state index contributed by atoms with van der Waals surface area (Å²) in [7, 11) is 1.73. The van der Waals surface area contributed by atoms with E-state index in [2.05, 4.69) is 10.3 Å². The van der Waals surface area contributed by atoms with Crippen molar-refractivity contribution >= 4 is 23.3 Å². The van der Waals surface area contributed by atoms with E-state index in [9.17, 15) is 4.79 Å². The number of methoxy groups -OCH3 is 1. The zero-order chi connectivity index (χ0) is 24.9. The Morgan fingerprint density at radius 2 is 2.00 bits per heavy atom. The predicted molar refractivity (Wildman–Crippen MR) is 135 cm³/mol. The Morgan fingerprint density at radius 1 is 1.23 bits per heavy atom. The Bertz CT molecular complexity index is 1200. The molecule has 0 spiro atoms. The number of carbonyl (C=O) groups excluding carboxylic acids is 1. The van der Waals surface area contributed by atoms with Gasteiger partial charge in [-0.15, -0.1) is 0 Å². The summed E-state index contributed by atoms with van der Waals surface area (Å²) in [5.74, 6) is -0.802. The standard InChI is InChI=1S/C26H29ClFN5O2/c1-35-19-8-5-15(6-9-19)23-14-31-25(30)24(32-23)17-7-10-20(21(28)12-17)26(34)33-22(13-29)16-3-2-4-18(27)11-16/h2-4,7,10-12,14-15,19,22H,5-6,8-9,13,29H2,1H3,(H2,30,31)(H,33,34)/t15-,19-,22-/m1/s1. The Kier molecular flexibility index (Phi) is 7.95. The van der Waals surface area contributed by atoms with Crippen molar-refractivity contribution in [1.82, 2.24) is 15.3 Å². The molecule has 0 radical (unpaired) electrons. The summed E-state index contributed by atoms with van der Waals surface area (Å²) >= 11 is 6.05. The van der Waals surface area contributed by atoms with Crippen LogP contribution in [0.4, 0.5) is 10.2 Å². The molecule has 1 aromatic heterocycles. The van der Waals surface area contributed by atoms with Crippen molar-refractivity contribution < 1.29 is 13.9 Å². The van der Waals surface area contributed by atoms with Crippen LogP contribution >= 0.6 is 11.6 Å². The molecule has 4 rings (SSSR count). The number of ether oxygens (including phenoxy) is 1. The van der Waals surface area contributed by atoms with Gasteiger partial charge in [0.05, 0.1) is 29.6 Å². The van der Waals surface area contributed by atoms with Crippen molar-refractivity contribution in [2.24, 2.45) is 5.73 Å². The second kappa shape index (κ2) is 11.1. The molecule has 1 fully saturated rings. The minimum absolute atomic E-state index is 0.102. The van der Waals surface area contributed by atoms with Crippen LogP contribution in [0, 0.1) is 5.82 Å². The number of hydrogen-bond acceptors (Lipinski definition) is 6. The smallest absolute Gasteiger partial charge is 0.254 e. The summed E-state index contributed by atoms with van der Waals surface area (Å²) in [6.45, 7) is 0.136. The van der Waals surface area contributed by atoms with Gasteiger partial charge in [0.2, 0.25) is 0 Å². The van der Waals surface area contributed by atoms with E-state index in [1.54, 1.807) is 43.6 Å². The van der Waals surface area contributed by atoms with Gasteiger partial charge in [0.25, 0.3) is 5.91 Å². The number of hydrogen-bond donors (Lipinski definition) is 3. The van der Waals surface area contributed by atoms with E-state index >= 15 is 4.39 Å². The summed E-state index contributed by atoms with van der Waals surface area (Å²) < 4.78 is 20.5. The van der Waals surface area contributed by atoms with Crippen LogP contribution < -0.4 is 16.8 Å². The number of halogens is 2. The van der Waals surface area contributed by atoms with E-state index < -0.39 is 17.8 Å². The minimum atomic E-state index is -0.686. The highest BCUT2D eigenvalue weighted by molar-refractivity contribution is 6.30. The van der Waals surface area contributed by atoms with Gasteiger partial charge in [0.15, 0.2) is 0 Å². The van der Waals surface area contributed by atoms with Gasteiger partial charge in [-0.3, -0.25) is 4.79 Å². The van der Waals surface area contributed by atoms with Crippen LogP contribution in [-0.4, -0.2) is 35.6 Å². The lowest BCUT2D eigenvalue weighted by molar-refractivity contribution is 0.0655.